The predicted molar refractivity (Wildman–Crippen MR) is 116 cm³/mol. The van der Waals surface area contributed by atoms with Gasteiger partial charge in [0.25, 0.3) is 0 Å². The van der Waals surface area contributed by atoms with Crippen LogP contribution in [0.2, 0.25) is 0 Å². The van der Waals surface area contributed by atoms with Crippen LogP contribution in [0.25, 0.3) is 16.7 Å². The van der Waals surface area contributed by atoms with Crippen molar-refractivity contribution in [1.82, 2.24) is 34.0 Å². The van der Waals surface area contributed by atoms with Gasteiger partial charge >= 0.3 is 0 Å². The molecule has 4 heterocycles. The second kappa shape index (κ2) is 7.68. The molecule has 0 amide bonds. The first kappa shape index (κ1) is 20.1. The van der Waals surface area contributed by atoms with Gasteiger partial charge in [0.2, 0.25) is 11.9 Å². The first-order chi connectivity index (χ1) is 14.9. The summed E-state index contributed by atoms with van der Waals surface area (Å²) in [4.78, 5) is 18.0. The van der Waals surface area contributed by atoms with Gasteiger partial charge in [-0.3, -0.25) is 0 Å². The zero-order valence-electron chi connectivity index (χ0n) is 17.0. The third-order valence-electron chi connectivity index (χ3n) is 5.54. The smallest absolute Gasteiger partial charge is 0.230 e. The number of nitrogens with one attached hydrogen (secondary N) is 1. The zero-order chi connectivity index (χ0) is 21.7. The Morgan fingerprint density at radius 3 is 2.61 bits per heavy atom. The second-order valence-corrected chi connectivity index (χ2v) is 8.39. The molecule has 1 aliphatic heterocycles. The maximum atomic E-state index is 14.1. The predicted octanol–water partition coefficient (Wildman–Crippen LogP) is 2.42. The molecule has 0 spiro atoms. The van der Waals surface area contributed by atoms with Gasteiger partial charge in [-0.1, -0.05) is 0 Å². The molecule has 4 aromatic rings. The number of likely N-dealkylation sites (N-methyl/N-ethyl adjacent to an activating group) is 1. The van der Waals surface area contributed by atoms with Crippen LogP contribution in [0.5, 0.6) is 0 Å². The fourth-order valence-corrected chi connectivity index (χ4v) is 4.02. The van der Waals surface area contributed by atoms with Crippen molar-refractivity contribution >= 4 is 44.5 Å². The minimum atomic E-state index is -0.947. The van der Waals surface area contributed by atoms with Crippen molar-refractivity contribution in [3.63, 3.8) is 0 Å². The van der Waals surface area contributed by atoms with Crippen LogP contribution in [0.1, 0.15) is 5.82 Å². The first-order valence-electron chi connectivity index (χ1n) is 9.80. The normalized spacial score (nSPS) is 15.3. The highest BCUT2D eigenvalue weighted by molar-refractivity contribution is 9.10. The average molecular weight is 492 g/mol. The van der Waals surface area contributed by atoms with Gasteiger partial charge in [0.15, 0.2) is 17.3 Å². The summed E-state index contributed by atoms with van der Waals surface area (Å²) in [5, 5.41) is 7.57. The highest BCUT2D eigenvalue weighted by Gasteiger charge is 2.21. The van der Waals surface area contributed by atoms with Crippen molar-refractivity contribution in [3.8, 4) is 0 Å². The summed E-state index contributed by atoms with van der Waals surface area (Å²) in [6, 6.07) is 2.62. The minimum Gasteiger partial charge on any atom is -0.347 e. The third kappa shape index (κ3) is 3.49. The lowest BCUT2D eigenvalue weighted by atomic mass is 10.3. The topological polar surface area (TPSA) is 79.4 Å². The van der Waals surface area contributed by atoms with Crippen molar-refractivity contribution in [3.05, 3.63) is 40.3 Å². The second-order valence-electron chi connectivity index (χ2n) is 7.54. The molecule has 1 N–H and O–H groups in total. The van der Waals surface area contributed by atoms with Gasteiger partial charge in [-0.15, -0.1) is 0 Å². The number of nitrogens with zero attached hydrogens (tertiary/aromatic N) is 8. The number of aryl methyl sites for hydroxylation is 1. The molecule has 5 rings (SSSR count). The van der Waals surface area contributed by atoms with Gasteiger partial charge in [-0.05, 0) is 35.1 Å². The van der Waals surface area contributed by atoms with Crippen molar-refractivity contribution in [1.29, 1.82) is 0 Å². The van der Waals surface area contributed by atoms with Crippen LogP contribution in [0.15, 0.2) is 22.8 Å². The molecule has 31 heavy (non-hydrogen) atoms. The molecular weight excluding hydrogens is 472 g/mol. The Labute approximate surface area is 184 Å². The number of aromatic nitrogens is 6. The maximum Gasteiger partial charge on any atom is 0.230 e. The van der Waals surface area contributed by atoms with Gasteiger partial charge in [-0.25, -0.2) is 13.8 Å². The molecule has 162 valence electrons. The SMILES string of the molecule is CN1CCN(c2nc(NCc3nc4c(F)c(F)ccc4n3C)n3ncc(Br)c3n2)CC1. The van der Waals surface area contributed by atoms with E-state index in [1.54, 1.807) is 22.3 Å². The highest BCUT2D eigenvalue weighted by Crippen LogP contribution is 2.24. The Balaban J connectivity index is 1.48. The monoisotopic (exact) mass is 491 g/mol. The number of rotatable bonds is 4. The molecule has 9 nitrogen and oxygen atoms in total. The fraction of sp³-hybridized carbons (Fsp3) is 0.368. The van der Waals surface area contributed by atoms with Crippen LogP contribution >= 0.6 is 15.9 Å². The largest absolute Gasteiger partial charge is 0.347 e. The molecule has 0 aliphatic carbocycles. The molecule has 0 atom stereocenters. The van der Waals surface area contributed by atoms with Crippen LogP contribution in [-0.2, 0) is 13.6 Å². The molecule has 0 radical (unpaired) electrons. The number of halogens is 3. The van der Waals surface area contributed by atoms with Crippen molar-refractivity contribution in [2.24, 2.45) is 7.05 Å². The van der Waals surface area contributed by atoms with Crippen molar-refractivity contribution in [2.45, 2.75) is 6.54 Å². The van der Waals surface area contributed by atoms with Crippen LogP contribution < -0.4 is 10.2 Å². The van der Waals surface area contributed by atoms with Crippen LogP contribution in [0.4, 0.5) is 20.7 Å². The summed E-state index contributed by atoms with van der Waals surface area (Å²) >= 11 is 3.49. The van der Waals surface area contributed by atoms with Gasteiger partial charge in [0, 0.05) is 33.2 Å². The summed E-state index contributed by atoms with van der Waals surface area (Å²) < 4.78 is 31.8. The van der Waals surface area contributed by atoms with E-state index < -0.39 is 11.6 Å². The minimum absolute atomic E-state index is 0.00657. The molecule has 1 aromatic carbocycles. The summed E-state index contributed by atoms with van der Waals surface area (Å²) in [5.74, 6) is -0.220. The van der Waals surface area contributed by atoms with E-state index in [0.717, 1.165) is 36.7 Å². The molecule has 0 saturated carbocycles. The molecule has 1 saturated heterocycles. The molecule has 1 aliphatic rings. The Morgan fingerprint density at radius 1 is 1.06 bits per heavy atom. The van der Waals surface area contributed by atoms with E-state index in [2.05, 4.69) is 58.1 Å². The number of hydrogen-bond donors (Lipinski definition) is 1. The summed E-state index contributed by atoms with van der Waals surface area (Å²) in [6.45, 7) is 3.76. The molecule has 12 heteroatoms. The van der Waals surface area contributed by atoms with Crippen LogP contribution in [0, 0.1) is 11.6 Å². The molecule has 0 unspecified atom stereocenters. The van der Waals surface area contributed by atoms with E-state index >= 15 is 0 Å². The maximum absolute atomic E-state index is 14.1. The van der Waals surface area contributed by atoms with E-state index in [-0.39, 0.29) is 12.1 Å². The number of anilines is 2. The Bertz CT molecular complexity index is 1280. The van der Waals surface area contributed by atoms with Gasteiger partial charge in [0.05, 0.1) is 22.7 Å². The Hall–Kier alpha value is -2.86. The van der Waals surface area contributed by atoms with Crippen LogP contribution in [0.3, 0.4) is 0 Å². The number of benzene rings is 1. The van der Waals surface area contributed by atoms with E-state index in [0.29, 0.717) is 28.9 Å². The highest BCUT2D eigenvalue weighted by atomic mass is 79.9. The lowest BCUT2D eigenvalue weighted by molar-refractivity contribution is 0.311. The number of hydrogen-bond acceptors (Lipinski definition) is 7. The van der Waals surface area contributed by atoms with E-state index in [9.17, 15) is 8.78 Å². The summed E-state index contributed by atoms with van der Waals surface area (Å²) in [7, 11) is 3.85. The first-order valence-corrected chi connectivity index (χ1v) is 10.6. The standard InChI is InChI=1S/C19H20BrF2N9/c1-28-5-7-30(8-6-28)19-26-17-11(20)9-24-31(17)18(27-19)23-10-14-25-16-13(29(14)2)4-3-12(21)15(16)22/h3-4,9H,5-8,10H2,1-2H3,(H,23,26,27). The van der Waals surface area contributed by atoms with Crippen molar-refractivity contribution in [2.75, 3.05) is 43.4 Å². The number of fused-ring (bicyclic) bond motifs is 2. The fourth-order valence-electron chi connectivity index (χ4n) is 3.67. The molecular formula is C19H20BrF2N9. The average Bonchev–Trinajstić information content (AvgIpc) is 3.30. The van der Waals surface area contributed by atoms with Gasteiger partial charge in [-0.2, -0.15) is 19.6 Å². The quantitative estimate of drug-likeness (QED) is 0.469. The summed E-state index contributed by atoms with van der Waals surface area (Å²) in [6.07, 6.45) is 1.66. The Morgan fingerprint density at radius 2 is 1.84 bits per heavy atom. The van der Waals surface area contributed by atoms with Crippen LogP contribution in [-0.4, -0.2) is 67.3 Å². The molecule has 1 fully saturated rings. The van der Waals surface area contributed by atoms with Gasteiger partial charge in [0.1, 0.15) is 11.3 Å². The molecule has 0 bridgehead atoms. The lowest BCUT2D eigenvalue weighted by Crippen LogP contribution is -2.45. The lowest BCUT2D eigenvalue weighted by Gasteiger charge is -2.32. The number of piperazine rings is 1. The number of imidazole rings is 1. The van der Waals surface area contributed by atoms with E-state index in [1.165, 1.54) is 6.07 Å². The van der Waals surface area contributed by atoms with Gasteiger partial charge < -0.3 is 19.7 Å². The third-order valence-corrected chi connectivity index (χ3v) is 6.10. The Kier molecular flexibility index (Phi) is 4.97. The van der Waals surface area contributed by atoms with Crippen molar-refractivity contribution < 1.29 is 8.78 Å². The molecule has 3 aromatic heterocycles. The zero-order valence-corrected chi connectivity index (χ0v) is 18.6. The van der Waals surface area contributed by atoms with E-state index in [1.807, 2.05) is 0 Å². The van der Waals surface area contributed by atoms with E-state index in [4.69, 9.17) is 0 Å². The summed E-state index contributed by atoms with van der Waals surface area (Å²) in [5.41, 5.74) is 1.17.